The Kier molecular flexibility index (Phi) is 4.55. The molecule has 0 saturated carbocycles. The molecule has 0 amide bonds. The van der Waals surface area contributed by atoms with E-state index in [0.29, 0.717) is 17.2 Å². The second-order valence-electron chi connectivity index (χ2n) is 2.88. The molecule has 70 valence electrons. The van der Waals surface area contributed by atoms with E-state index >= 15 is 0 Å². The molecular formula is C7H13NO2S2. The number of nitrogens with two attached hydrogens (primary N) is 1. The summed E-state index contributed by atoms with van der Waals surface area (Å²) in [5, 5.41) is 8.72. The van der Waals surface area contributed by atoms with Crippen LogP contribution in [0.1, 0.15) is 20.3 Å². The van der Waals surface area contributed by atoms with Gasteiger partial charge in [0.15, 0.2) is 0 Å². The summed E-state index contributed by atoms with van der Waals surface area (Å²) in [6, 6.07) is 0. The summed E-state index contributed by atoms with van der Waals surface area (Å²) >= 11 is 6.01. The van der Waals surface area contributed by atoms with Gasteiger partial charge in [-0.2, -0.15) is 0 Å². The van der Waals surface area contributed by atoms with E-state index in [4.69, 9.17) is 10.8 Å². The minimum absolute atomic E-state index is 0.434. The first-order valence-corrected chi connectivity index (χ1v) is 4.91. The average molecular weight is 207 g/mol. The van der Waals surface area contributed by atoms with Crippen LogP contribution in [0.4, 0.5) is 0 Å². The Morgan fingerprint density at radius 1 is 1.67 bits per heavy atom. The van der Waals surface area contributed by atoms with Crippen molar-refractivity contribution in [3.63, 3.8) is 0 Å². The predicted molar refractivity (Wildman–Crippen MR) is 55.6 cm³/mol. The molecule has 0 atom stereocenters. The largest absolute Gasteiger partial charge is 0.480 e. The van der Waals surface area contributed by atoms with Crippen molar-refractivity contribution in [3.05, 3.63) is 0 Å². The Morgan fingerprint density at radius 3 is 2.50 bits per heavy atom. The fourth-order valence-electron chi connectivity index (χ4n) is 0.469. The summed E-state index contributed by atoms with van der Waals surface area (Å²) in [6.45, 7) is 3.33. The first-order valence-electron chi connectivity index (χ1n) is 3.52. The SMILES string of the molecule is CC(C)(SCCC(N)=S)C(=O)O. The quantitative estimate of drug-likeness (QED) is 0.664. The van der Waals surface area contributed by atoms with Crippen LogP contribution in [-0.4, -0.2) is 26.6 Å². The van der Waals surface area contributed by atoms with E-state index in [1.54, 1.807) is 13.8 Å². The smallest absolute Gasteiger partial charge is 0.319 e. The molecule has 0 spiro atoms. The van der Waals surface area contributed by atoms with Gasteiger partial charge >= 0.3 is 5.97 Å². The number of carboxylic acids is 1. The molecule has 0 aromatic rings. The maximum Gasteiger partial charge on any atom is 0.319 e. The van der Waals surface area contributed by atoms with Crippen LogP contribution < -0.4 is 5.73 Å². The first kappa shape index (κ1) is 11.7. The van der Waals surface area contributed by atoms with Crippen LogP contribution in [0, 0.1) is 0 Å². The molecule has 5 heteroatoms. The normalized spacial score (nSPS) is 11.2. The third-order valence-corrected chi connectivity index (χ3v) is 2.84. The van der Waals surface area contributed by atoms with Gasteiger partial charge in [-0.05, 0) is 13.8 Å². The molecule has 3 nitrogen and oxygen atoms in total. The first-order chi connectivity index (χ1) is 5.36. The van der Waals surface area contributed by atoms with Crippen molar-refractivity contribution in [3.8, 4) is 0 Å². The highest BCUT2D eigenvalue weighted by Gasteiger charge is 2.26. The topological polar surface area (TPSA) is 63.3 Å². The van der Waals surface area contributed by atoms with Gasteiger partial charge in [-0.1, -0.05) is 12.2 Å². The lowest BCUT2D eigenvalue weighted by molar-refractivity contribution is -0.138. The van der Waals surface area contributed by atoms with Gasteiger partial charge in [-0.25, -0.2) is 0 Å². The van der Waals surface area contributed by atoms with Crippen LogP contribution >= 0.6 is 24.0 Å². The Morgan fingerprint density at radius 2 is 2.17 bits per heavy atom. The number of carbonyl (C=O) groups is 1. The summed E-state index contributed by atoms with van der Waals surface area (Å²) in [7, 11) is 0. The third kappa shape index (κ3) is 4.56. The third-order valence-electron chi connectivity index (χ3n) is 1.33. The van der Waals surface area contributed by atoms with Crippen LogP contribution in [0.15, 0.2) is 0 Å². The lowest BCUT2D eigenvalue weighted by Gasteiger charge is -2.17. The van der Waals surface area contributed by atoms with Crippen molar-refractivity contribution < 1.29 is 9.90 Å². The van der Waals surface area contributed by atoms with E-state index in [0.717, 1.165) is 0 Å². The van der Waals surface area contributed by atoms with Crippen molar-refractivity contribution in [2.75, 3.05) is 5.75 Å². The van der Waals surface area contributed by atoms with E-state index < -0.39 is 10.7 Å². The summed E-state index contributed by atoms with van der Waals surface area (Å²) in [4.78, 5) is 11.0. The minimum Gasteiger partial charge on any atom is -0.480 e. The predicted octanol–water partition coefficient (Wildman–Crippen LogP) is 1.26. The molecular weight excluding hydrogens is 194 g/mol. The van der Waals surface area contributed by atoms with Crippen LogP contribution in [0.3, 0.4) is 0 Å². The molecule has 0 unspecified atom stereocenters. The van der Waals surface area contributed by atoms with Gasteiger partial charge in [0.05, 0.1) is 4.99 Å². The number of aliphatic carboxylic acids is 1. The monoisotopic (exact) mass is 207 g/mol. The molecule has 0 aliphatic heterocycles. The van der Waals surface area contributed by atoms with E-state index in [9.17, 15) is 4.79 Å². The number of thioether (sulfide) groups is 1. The molecule has 3 N–H and O–H groups in total. The number of hydrogen-bond donors (Lipinski definition) is 2. The Bertz CT molecular complexity index is 192. The van der Waals surface area contributed by atoms with Gasteiger partial charge < -0.3 is 10.8 Å². The molecule has 0 fully saturated rings. The number of hydrogen-bond acceptors (Lipinski definition) is 3. The molecule has 0 aliphatic rings. The molecule has 0 saturated heterocycles. The van der Waals surface area contributed by atoms with Crippen molar-refractivity contribution in [2.24, 2.45) is 5.73 Å². The van der Waals surface area contributed by atoms with Crippen molar-refractivity contribution in [2.45, 2.75) is 25.0 Å². The van der Waals surface area contributed by atoms with Crippen molar-refractivity contribution >= 4 is 34.9 Å². The maximum atomic E-state index is 10.6. The zero-order chi connectivity index (χ0) is 9.78. The van der Waals surface area contributed by atoms with Gasteiger partial charge in [0.1, 0.15) is 4.75 Å². The fourth-order valence-corrected chi connectivity index (χ4v) is 1.66. The standard InChI is InChI=1S/C7H13NO2S2/c1-7(2,6(9)10)12-4-3-5(8)11/h3-4H2,1-2H3,(H2,8,11)(H,9,10). The highest BCUT2D eigenvalue weighted by molar-refractivity contribution is 8.01. The molecule has 0 radical (unpaired) electrons. The minimum atomic E-state index is -0.810. The Hall–Kier alpha value is -0.290. The number of rotatable bonds is 5. The average Bonchev–Trinajstić information content (AvgIpc) is 1.85. The molecule has 0 aliphatic carbocycles. The van der Waals surface area contributed by atoms with Crippen LogP contribution in [-0.2, 0) is 4.79 Å². The zero-order valence-electron chi connectivity index (χ0n) is 7.16. The number of carboxylic acid groups (broad SMARTS) is 1. The van der Waals surface area contributed by atoms with Gasteiger partial charge in [-0.15, -0.1) is 11.8 Å². The van der Waals surface area contributed by atoms with Crippen LogP contribution in [0.5, 0.6) is 0 Å². The van der Waals surface area contributed by atoms with E-state index in [2.05, 4.69) is 12.2 Å². The molecule has 0 aromatic carbocycles. The maximum absolute atomic E-state index is 10.6. The van der Waals surface area contributed by atoms with Gasteiger partial charge in [0.25, 0.3) is 0 Å². The van der Waals surface area contributed by atoms with E-state index in [1.165, 1.54) is 11.8 Å². The van der Waals surface area contributed by atoms with Gasteiger partial charge in [0, 0.05) is 12.2 Å². The molecule has 0 bridgehead atoms. The van der Waals surface area contributed by atoms with Gasteiger partial charge in [0.2, 0.25) is 0 Å². The molecule has 0 aromatic heterocycles. The van der Waals surface area contributed by atoms with Gasteiger partial charge in [-0.3, -0.25) is 4.79 Å². The highest BCUT2D eigenvalue weighted by atomic mass is 32.2. The van der Waals surface area contributed by atoms with Crippen LogP contribution in [0.25, 0.3) is 0 Å². The van der Waals surface area contributed by atoms with Crippen molar-refractivity contribution in [1.82, 2.24) is 0 Å². The summed E-state index contributed by atoms with van der Waals surface area (Å²) in [5.74, 6) is -0.148. The van der Waals surface area contributed by atoms with Crippen molar-refractivity contribution in [1.29, 1.82) is 0 Å². The summed E-state index contributed by atoms with van der Waals surface area (Å²) in [5.41, 5.74) is 5.27. The fraction of sp³-hybridized carbons (Fsp3) is 0.714. The van der Waals surface area contributed by atoms with E-state index in [-0.39, 0.29) is 0 Å². The molecule has 0 heterocycles. The van der Waals surface area contributed by atoms with Crippen LogP contribution in [0.2, 0.25) is 0 Å². The number of thiocarbonyl (C=S) groups is 1. The zero-order valence-corrected chi connectivity index (χ0v) is 8.80. The lowest BCUT2D eigenvalue weighted by atomic mass is 10.2. The Labute approximate surface area is 81.7 Å². The Balaban J connectivity index is 3.76. The highest BCUT2D eigenvalue weighted by Crippen LogP contribution is 2.24. The lowest BCUT2D eigenvalue weighted by Crippen LogP contribution is -2.28. The molecule has 0 rings (SSSR count). The molecule has 12 heavy (non-hydrogen) atoms. The summed E-state index contributed by atoms with van der Waals surface area (Å²) in [6.07, 6.45) is 0.594. The second-order valence-corrected chi connectivity index (χ2v) is 5.12. The summed E-state index contributed by atoms with van der Waals surface area (Å²) < 4.78 is -0.745. The second kappa shape index (κ2) is 4.67. The van der Waals surface area contributed by atoms with E-state index in [1.807, 2.05) is 0 Å².